The van der Waals surface area contributed by atoms with Crippen molar-refractivity contribution in [1.29, 1.82) is 0 Å². The van der Waals surface area contributed by atoms with Gasteiger partial charge in [-0.2, -0.15) is 22.8 Å². The molecule has 0 atom stereocenters. The summed E-state index contributed by atoms with van der Waals surface area (Å²) >= 11 is 1.15. The number of ether oxygens (including phenoxy) is 1. The Morgan fingerprint density at radius 1 is 1.09 bits per heavy atom. The summed E-state index contributed by atoms with van der Waals surface area (Å²) in [4.78, 5) is 20.8. The number of methoxy groups -OCH3 is 1. The Labute approximate surface area is 188 Å². The first kappa shape index (κ1) is 21.1. The number of benzene rings is 2. The third-order valence-corrected chi connectivity index (χ3v) is 5.82. The number of aromatic nitrogens is 4. The summed E-state index contributed by atoms with van der Waals surface area (Å²) in [7, 11) is 1.48. The van der Waals surface area contributed by atoms with Crippen molar-refractivity contribution >= 4 is 28.5 Å². The molecule has 0 aliphatic rings. The number of H-pyrrole nitrogens is 1. The minimum Gasteiger partial charge on any atom is -0.494 e. The third kappa shape index (κ3) is 3.35. The van der Waals surface area contributed by atoms with E-state index in [4.69, 9.17) is 9.15 Å². The topological polar surface area (TPSA) is 85.4 Å². The highest BCUT2D eigenvalue weighted by molar-refractivity contribution is 7.98. The second-order valence-electron chi connectivity index (χ2n) is 7.01. The van der Waals surface area contributed by atoms with Crippen LogP contribution in [0.2, 0.25) is 0 Å². The maximum atomic E-state index is 13.9. The maximum Gasteiger partial charge on any atom is 0.435 e. The second kappa shape index (κ2) is 7.69. The normalized spacial score (nSPS) is 12.0. The molecule has 0 bridgehead atoms. The van der Waals surface area contributed by atoms with Crippen LogP contribution in [0.1, 0.15) is 5.69 Å². The first-order valence-electron chi connectivity index (χ1n) is 9.63. The molecule has 0 amide bonds. The lowest BCUT2D eigenvalue weighted by atomic mass is 10.1. The Kier molecular flexibility index (Phi) is 4.93. The summed E-state index contributed by atoms with van der Waals surface area (Å²) in [6.45, 7) is 0. The molecule has 168 valence electrons. The summed E-state index contributed by atoms with van der Waals surface area (Å²) < 4.78 is 53.4. The molecular weight excluding hydrogens is 457 g/mol. The van der Waals surface area contributed by atoms with Crippen molar-refractivity contribution in [1.82, 2.24) is 19.6 Å². The summed E-state index contributed by atoms with van der Waals surface area (Å²) in [5, 5.41) is 3.95. The molecule has 1 N–H and O–H groups in total. The van der Waals surface area contributed by atoms with Crippen molar-refractivity contribution in [2.75, 3.05) is 13.4 Å². The zero-order valence-electron chi connectivity index (χ0n) is 17.2. The van der Waals surface area contributed by atoms with Crippen LogP contribution in [-0.4, -0.2) is 32.9 Å². The first-order chi connectivity index (χ1) is 15.8. The van der Waals surface area contributed by atoms with E-state index in [9.17, 15) is 18.0 Å². The summed E-state index contributed by atoms with van der Waals surface area (Å²) in [5.74, 6) is 0.392. The van der Waals surface area contributed by atoms with Crippen LogP contribution in [-0.2, 0) is 6.18 Å². The summed E-state index contributed by atoms with van der Waals surface area (Å²) in [5.41, 5.74) is -1.20. The molecule has 2 aromatic carbocycles. The lowest BCUT2D eigenvalue weighted by Crippen LogP contribution is -2.19. The lowest BCUT2D eigenvalue weighted by molar-refractivity contribution is -0.140. The van der Waals surface area contributed by atoms with Crippen molar-refractivity contribution in [2.24, 2.45) is 0 Å². The van der Waals surface area contributed by atoms with Crippen LogP contribution in [0.5, 0.6) is 5.75 Å². The van der Waals surface area contributed by atoms with Crippen LogP contribution in [0.15, 0.2) is 62.8 Å². The van der Waals surface area contributed by atoms with Crippen LogP contribution in [0.4, 0.5) is 13.2 Å². The number of thioether (sulfide) groups is 1. The highest BCUT2D eigenvalue weighted by Crippen LogP contribution is 2.39. The van der Waals surface area contributed by atoms with E-state index in [1.165, 1.54) is 19.2 Å². The van der Waals surface area contributed by atoms with Crippen molar-refractivity contribution < 1.29 is 22.3 Å². The van der Waals surface area contributed by atoms with Gasteiger partial charge in [-0.05, 0) is 24.0 Å². The van der Waals surface area contributed by atoms with Gasteiger partial charge in [0, 0.05) is 0 Å². The molecule has 0 saturated carbocycles. The molecule has 5 aromatic rings. The Hall–Kier alpha value is -3.73. The highest BCUT2D eigenvalue weighted by atomic mass is 32.2. The van der Waals surface area contributed by atoms with Crippen LogP contribution in [0.25, 0.3) is 39.3 Å². The van der Waals surface area contributed by atoms with Crippen LogP contribution >= 0.6 is 11.8 Å². The van der Waals surface area contributed by atoms with E-state index in [1.807, 2.05) is 0 Å². The van der Waals surface area contributed by atoms with E-state index in [1.54, 1.807) is 42.7 Å². The number of rotatable bonds is 4. The van der Waals surface area contributed by atoms with Gasteiger partial charge in [0.15, 0.2) is 16.8 Å². The molecule has 11 heteroatoms. The molecule has 33 heavy (non-hydrogen) atoms. The smallest absolute Gasteiger partial charge is 0.435 e. The number of alkyl halides is 3. The molecule has 0 aliphatic heterocycles. The van der Waals surface area contributed by atoms with Gasteiger partial charge >= 0.3 is 6.18 Å². The van der Waals surface area contributed by atoms with E-state index >= 15 is 0 Å². The fourth-order valence-electron chi connectivity index (χ4n) is 3.67. The van der Waals surface area contributed by atoms with Gasteiger partial charge in [-0.25, -0.2) is 4.98 Å². The number of para-hydroxylation sites is 1. The molecule has 7 nitrogen and oxygen atoms in total. The zero-order valence-corrected chi connectivity index (χ0v) is 18.0. The number of aromatic amines is 1. The Morgan fingerprint density at radius 3 is 2.52 bits per heavy atom. The van der Waals surface area contributed by atoms with E-state index in [0.29, 0.717) is 26.4 Å². The molecule has 0 aliphatic carbocycles. The van der Waals surface area contributed by atoms with Gasteiger partial charge in [-0.15, -0.1) is 11.8 Å². The lowest BCUT2D eigenvalue weighted by Gasteiger charge is -2.08. The SMILES string of the molecule is COc1cccc2oc(-c3c(SC)[nH]c4c(-c5ccccc5)c(C(F)(F)F)nn4c3=O)nc12. The van der Waals surface area contributed by atoms with Gasteiger partial charge in [0.2, 0.25) is 5.89 Å². The van der Waals surface area contributed by atoms with Gasteiger partial charge in [0.05, 0.1) is 17.7 Å². The van der Waals surface area contributed by atoms with Gasteiger partial charge in [-0.3, -0.25) is 4.79 Å². The molecule has 0 spiro atoms. The number of hydrogen-bond donors (Lipinski definition) is 1. The molecule has 0 saturated heterocycles. The highest BCUT2D eigenvalue weighted by Gasteiger charge is 2.39. The number of halogens is 3. The molecular formula is C22H15F3N4O3S. The zero-order chi connectivity index (χ0) is 23.3. The van der Waals surface area contributed by atoms with E-state index in [0.717, 1.165) is 11.8 Å². The largest absolute Gasteiger partial charge is 0.494 e. The van der Waals surface area contributed by atoms with Crippen molar-refractivity contribution in [3.05, 3.63) is 64.6 Å². The van der Waals surface area contributed by atoms with Crippen molar-refractivity contribution in [3.63, 3.8) is 0 Å². The van der Waals surface area contributed by atoms with E-state index < -0.39 is 17.4 Å². The van der Waals surface area contributed by atoms with E-state index in [2.05, 4.69) is 15.1 Å². The number of nitrogens with zero attached hydrogens (tertiary/aromatic N) is 3. The van der Waals surface area contributed by atoms with Gasteiger partial charge in [0.25, 0.3) is 5.56 Å². The molecule has 5 rings (SSSR count). The van der Waals surface area contributed by atoms with Gasteiger partial charge in [-0.1, -0.05) is 36.4 Å². The summed E-state index contributed by atoms with van der Waals surface area (Å²) in [6, 6.07) is 13.0. The number of oxazole rings is 1. The van der Waals surface area contributed by atoms with Crippen LogP contribution < -0.4 is 10.3 Å². The number of nitrogens with one attached hydrogen (secondary N) is 1. The summed E-state index contributed by atoms with van der Waals surface area (Å²) in [6.07, 6.45) is -3.08. The Balaban J connectivity index is 1.85. The maximum absolute atomic E-state index is 13.9. The molecule has 0 radical (unpaired) electrons. The standard InChI is InChI=1S/C22H15F3N4O3S/c1-31-12-9-6-10-13-16(12)26-19(32-13)15-20(33-2)27-18-14(11-7-4-3-5-8-11)17(22(23,24)25)28-29(18)21(15)30/h3-10,27H,1-2H3. The quantitative estimate of drug-likeness (QED) is 0.284. The van der Waals surface area contributed by atoms with Gasteiger partial charge < -0.3 is 14.1 Å². The van der Waals surface area contributed by atoms with Crippen molar-refractivity contribution in [3.8, 4) is 28.3 Å². The van der Waals surface area contributed by atoms with E-state index in [-0.39, 0.29) is 28.2 Å². The first-order valence-corrected chi connectivity index (χ1v) is 10.9. The predicted octanol–water partition coefficient (Wildman–Crippen LogP) is 5.25. The fraction of sp³-hybridized carbons (Fsp3) is 0.136. The minimum absolute atomic E-state index is 0.0240. The molecule has 0 fully saturated rings. The van der Waals surface area contributed by atoms with Crippen LogP contribution in [0, 0.1) is 0 Å². The Bertz CT molecular complexity index is 1550. The third-order valence-electron chi connectivity index (χ3n) is 5.10. The van der Waals surface area contributed by atoms with Crippen LogP contribution in [0.3, 0.4) is 0 Å². The average Bonchev–Trinajstić information content (AvgIpc) is 3.41. The van der Waals surface area contributed by atoms with Crippen molar-refractivity contribution in [2.45, 2.75) is 11.2 Å². The predicted molar refractivity (Wildman–Crippen MR) is 118 cm³/mol. The molecule has 0 unspecified atom stereocenters. The number of fused-ring (bicyclic) bond motifs is 2. The second-order valence-corrected chi connectivity index (χ2v) is 7.83. The molecule has 3 heterocycles. The van der Waals surface area contributed by atoms with Gasteiger partial charge in [0.1, 0.15) is 17.0 Å². The monoisotopic (exact) mass is 472 g/mol. The Morgan fingerprint density at radius 2 is 1.85 bits per heavy atom. The minimum atomic E-state index is -4.78. The number of hydrogen-bond acceptors (Lipinski definition) is 6. The molecule has 3 aromatic heterocycles. The average molecular weight is 472 g/mol. The fourth-order valence-corrected chi connectivity index (χ4v) is 4.24.